The third-order valence-electron chi connectivity index (χ3n) is 5.89. The molecule has 6 nitrogen and oxygen atoms in total. The molecule has 6 heteroatoms. The third kappa shape index (κ3) is 5.34. The lowest BCUT2D eigenvalue weighted by molar-refractivity contribution is -0.134. The minimum atomic E-state index is -0.169. The molecule has 0 fully saturated rings. The van der Waals surface area contributed by atoms with Gasteiger partial charge in [0.15, 0.2) is 0 Å². The highest BCUT2D eigenvalue weighted by Gasteiger charge is 2.21. The summed E-state index contributed by atoms with van der Waals surface area (Å²) in [6, 6.07) is 25.2. The van der Waals surface area contributed by atoms with Crippen LogP contribution in [-0.4, -0.2) is 32.3 Å². The van der Waals surface area contributed by atoms with Crippen LogP contribution < -0.4 is 5.32 Å². The van der Waals surface area contributed by atoms with Crippen LogP contribution in [0.15, 0.2) is 78.9 Å². The zero-order chi connectivity index (χ0) is 24.1. The lowest BCUT2D eigenvalue weighted by atomic mass is 10.1. The van der Waals surface area contributed by atoms with E-state index in [4.69, 9.17) is 4.98 Å². The minimum Gasteiger partial charge on any atom is -0.345 e. The Kier molecular flexibility index (Phi) is 7.07. The van der Waals surface area contributed by atoms with E-state index in [1.807, 2.05) is 97.0 Å². The predicted octanol–water partition coefficient (Wildman–Crippen LogP) is 4.71. The molecule has 34 heavy (non-hydrogen) atoms. The van der Waals surface area contributed by atoms with Gasteiger partial charge in [-0.05, 0) is 50.6 Å². The van der Waals surface area contributed by atoms with Crippen LogP contribution in [0.4, 0.5) is 0 Å². The summed E-state index contributed by atoms with van der Waals surface area (Å²) in [4.78, 5) is 32.7. The van der Waals surface area contributed by atoms with Gasteiger partial charge in [0.25, 0.3) is 5.91 Å². The summed E-state index contributed by atoms with van der Waals surface area (Å²) < 4.78 is 1.91. The number of hydrogen-bond acceptors (Lipinski definition) is 3. The molecule has 0 spiro atoms. The van der Waals surface area contributed by atoms with Gasteiger partial charge in [0.05, 0.1) is 17.6 Å². The highest BCUT2D eigenvalue weighted by Crippen LogP contribution is 2.18. The molecule has 0 saturated heterocycles. The number of fused-ring (bicyclic) bond motifs is 1. The number of benzene rings is 3. The van der Waals surface area contributed by atoms with Crippen molar-refractivity contribution in [3.63, 3.8) is 0 Å². The van der Waals surface area contributed by atoms with Crippen molar-refractivity contribution in [2.24, 2.45) is 0 Å². The second-order valence-corrected chi connectivity index (χ2v) is 8.75. The second kappa shape index (κ2) is 10.3. The smallest absolute Gasteiger partial charge is 0.251 e. The van der Waals surface area contributed by atoms with Crippen LogP contribution in [0, 0.1) is 6.92 Å². The summed E-state index contributed by atoms with van der Waals surface area (Å²) in [5.41, 5.74) is 4.46. The molecule has 1 N–H and O–H groups in total. The maximum absolute atomic E-state index is 13.4. The fraction of sp³-hybridized carbons (Fsp3) is 0.250. The zero-order valence-corrected chi connectivity index (χ0v) is 19.9. The Morgan fingerprint density at radius 3 is 2.32 bits per heavy atom. The van der Waals surface area contributed by atoms with Crippen molar-refractivity contribution in [3.8, 4) is 0 Å². The molecule has 0 aliphatic heterocycles. The Morgan fingerprint density at radius 2 is 1.62 bits per heavy atom. The summed E-state index contributed by atoms with van der Waals surface area (Å²) in [5.74, 6) is 0.490. The van der Waals surface area contributed by atoms with Crippen LogP contribution in [0.25, 0.3) is 11.0 Å². The van der Waals surface area contributed by atoms with Gasteiger partial charge in [0, 0.05) is 18.2 Å². The lowest BCUT2D eigenvalue weighted by Gasteiger charge is -2.27. The molecule has 0 aliphatic carbocycles. The van der Waals surface area contributed by atoms with E-state index in [2.05, 4.69) is 5.32 Å². The molecule has 0 atom stereocenters. The number of rotatable bonds is 8. The highest BCUT2D eigenvalue weighted by molar-refractivity contribution is 5.94. The summed E-state index contributed by atoms with van der Waals surface area (Å²) in [6.45, 7) is 6.96. The van der Waals surface area contributed by atoms with Gasteiger partial charge in [-0.2, -0.15) is 0 Å². The van der Waals surface area contributed by atoms with Gasteiger partial charge in [-0.1, -0.05) is 60.2 Å². The van der Waals surface area contributed by atoms with Crippen molar-refractivity contribution in [3.05, 3.63) is 101 Å². The van der Waals surface area contributed by atoms with E-state index in [-0.39, 0.29) is 30.9 Å². The largest absolute Gasteiger partial charge is 0.345 e. The van der Waals surface area contributed by atoms with Gasteiger partial charge in [-0.15, -0.1) is 0 Å². The van der Waals surface area contributed by atoms with Crippen LogP contribution in [0.3, 0.4) is 0 Å². The number of para-hydroxylation sites is 2. The van der Waals surface area contributed by atoms with Gasteiger partial charge in [-0.3, -0.25) is 9.59 Å². The lowest BCUT2D eigenvalue weighted by Crippen LogP contribution is -2.39. The molecule has 0 unspecified atom stereocenters. The van der Waals surface area contributed by atoms with Gasteiger partial charge in [0.2, 0.25) is 5.91 Å². The van der Waals surface area contributed by atoms with E-state index in [9.17, 15) is 9.59 Å². The number of amides is 2. The molecular formula is C28H30N4O2. The highest BCUT2D eigenvalue weighted by atomic mass is 16.2. The van der Waals surface area contributed by atoms with E-state index >= 15 is 0 Å². The first kappa shape index (κ1) is 23.2. The average Bonchev–Trinajstić information content (AvgIpc) is 3.19. The molecule has 0 aliphatic rings. The Hall–Kier alpha value is -3.93. The predicted molar refractivity (Wildman–Crippen MR) is 134 cm³/mol. The Morgan fingerprint density at radius 1 is 0.941 bits per heavy atom. The number of aromatic nitrogens is 2. The zero-order valence-electron chi connectivity index (χ0n) is 19.9. The number of carbonyl (C=O) groups is 2. The average molecular weight is 455 g/mol. The summed E-state index contributed by atoms with van der Waals surface area (Å²) in [7, 11) is 0. The first-order valence-electron chi connectivity index (χ1n) is 11.5. The van der Waals surface area contributed by atoms with Crippen LogP contribution >= 0.6 is 0 Å². The maximum atomic E-state index is 13.4. The molecule has 4 aromatic rings. The standard InChI is InChI=1S/C28H30N4O2/c1-20(2)31(18-22-9-5-4-6-10-22)27(33)19-32-25-12-8-7-11-24(25)30-26(32)17-29-28(34)23-15-13-21(3)14-16-23/h4-16,20H,17-19H2,1-3H3,(H,29,34). The number of imidazole rings is 1. The third-order valence-corrected chi connectivity index (χ3v) is 5.89. The summed E-state index contributed by atoms with van der Waals surface area (Å²) in [6.07, 6.45) is 0. The van der Waals surface area contributed by atoms with Crippen LogP contribution in [0.5, 0.6) is 0 Å². The fourth-order valence-electron chi connectivity index (χ4n) is 3.97. The van der Waals surface area contributed by atoms with E-state index in [1.165, 1.54) is 0 Å². The van der Waals surface area contributed by atoms with E-state index in [0.29, 0.717) is 17.9 Å². The molecule has 0 bridgehead atoms. The van der Waals surface area contributed by atoms with Gasteiger partial charge >= 0.3 is 0 Å². The molecule has 174 valence electrons. The van der Waals surface area contributed by atoms with Gasteiger partial charge in [0.1, 0.15) is 12.4 Å². The SMILES string of the molecule is Cc1ccc(C(=O)NCc2nc3ccccc3n2CC(=O)N(Cc2ccccc2)C(C)C)cc1. The molecule has 4 rings (SSSR count). The van der Waals surface area contributed by atoms with Crippen molar-refractivity contribution in [2.75, 3.05) is 0 Å². The molecule has 3 aromatic carbocycles. The number of hydrogen-bond donors (Lipinski definition) is 1. The monoisotopic (exact) mass is 454 g/mol. The summed E-state index contributed by atoms with van der Waals surface area (Å²) in [5, 5.41) is 2.95. The maximum Gasteiger partial charge on any atom is 0.251 e. The van der Waals surface area contributed by atoms with E-state index in [1.54, 1.807) is 12.1 Å². The number of nitrogens with zero attached hydrogens (tertiary/aromatic N) is 3. The van der Waals surface area contributed by atoms with E-state index < -0.39 is 0 Å². The number of carbonyl (C=O) groups excluding carboxylic acids is 2. The Balaban J connectivity index is 1.56. The van der Waals surface area contributed by atoms with Crippen LogP contribution in [-0.2, 0) is 24.4 Å². The summed E-state index contributed by atoms with van der Waals surface area (Å²) >= 11 is 0. The molecular weight excluding hydrogens is 424 g/mol. The Bertz CT molecular complexity index is 1280. The molecule has 1 heterocycles. The minimum absolute atomic E-state index is 0.00752. The first-order valence-corrected chi connectivity index (χ1v) is 11.5. The number of aryl methyl sites for hydroxylation is 1. The molecule has 0 radical (unpaired) electrons. The van der Waals surface area contributed by atoms with Crippen molar-refractivity contribution < 1.29 is 9.59 Å². The Labute approximate surface area is 200 Å². The van der Waals surface area contributed by atoms with Crippen LogP contribution in [0.2, 0.25) is 0 Å². The second-order valence-electron chi connectivity index (χ2n) is 8.75. The molecule has 2 amide bonds. The normalized spacial score (nSPS) is 11.1. The molecule has 0 saturated carbocycles. The van der Waals surface area contributed by atoms with Crippen LogP contribution in [0.1, 0.15) is 41.2 Å². The first-order chi connectivity index (χ1) is 16.4. The van der Waals surface area contributed by atoms with E-state index in [0.717, 1.165) is 22.2 Å². The van der Waals surface area contributed by atoms with Crippen molar-refractivity contribution in [2.45, 2.75) is 46.4 Å². The topological polar surface area (TPSA) is 67.2 Å². The quantitative estimate of drug-likeness (QED) is 0.419. The van der Waals surface area contributed by atoms with Gasteiger partial charge < -0.3 is 14.8 Å². The number of nitrogens with one attached hydrogen (secondary N) is 1. The fourth-order valence-corrected chi connectivity index (χ4v) is 3.97. The van der Waals surface area contributed by atoms with Crippen molar-refractivity contribution in [1.29, 1.82) is 0 Å². The van der Waals surface area contributed by atoms with Crippen molar-refractivity contribution in [1.82, 2.24) is 19.8 Å². The van der Waals surface area contributed by atoms with Crippen molar-refractivity contribution >= 4 is 22.8 Å². The van der Waals surface area contributed by atoms with Gasteiger partial charge in [-0.25, -0.2) is 4.98 Å². The molecule has 1 aromatic heterocycles.